The molecule has 0 unspecified atom stereocenters. The Labute approximate surface area is 219 Å². The fourth-order valence-corrected chi connectivity index (χ4v) is 4.48. The van der Waals surface area contributed by atoms with Gasteiger partial charge in [-0.15, -0.1) is 0 Å². The van der Waals surface area contributed by atoms with Crippen LogP contribution in [0, 0.1) is 10.5 Å². The topological polar surface area (TPSA) is 87.5 Å². The Balaban J connectivity index is 1.41. The number of amides is 2. The molecule has 0 bridgehead atoms. The summed E-state index contributed by atoms with van der Waals surface area (Å²) >= 11 is 8.58. The van der Waals surface area contributed by atoms with Crippen LogP contribution in [0.4, 0.5) is 5.69 Å². The summed E-state index contributed by atoms with van der Waals surface area (Å²) in [7, 11) is 0. The molecule has 1 aromatic heterocycles. The van der Waals surface area contributed by atoms with Gasteiger partial charge in [-0.1, -0.05) is 23.7 Å². The minimum atomic E-state index is -0.352. The lowest BCUT2D eigenvalue weighted by Crippen LogP contribution is -2.29. The Kier molecular flexibility index (Phi) is 6.16. The number of hydrogen-bond donors (Lipinski definition) is 1. The maximum atomic E-state index is 13.0. The molecule has 0 saturated carbocycles. The minimum absolute atomic E-state index is 0.0251. The summed E-state index contributed by atoms with van der Waals surface area (Å²) in [6.45, 7) is 1.83. The Morgan fingerprint density at radius 3 is 2.29 bits per heavy atom. The number of aliphatic imine (C=N–C) groups is 1. The summed E-state index contributed by atoms with van der Waals surface area (Å²) in [6.07, 6.45) is 1.51. The average molecular weight is 597 g/mol. The van der Waals surface area contributed by atoms with E-state index in [4.69, 9.17) is 11.6 Å². The maximum Gasteiger partial charge on any atom is 0.280 e. The second kappa shape index (κ2) is 9.27. The molecule has 0 saturated heterocycles. The number of halogens is 2. The molecule has 0 radical (unpaired) electrons. The van der Waals surface area contributed by atoms with E-state index in [9.17, 15) is 14.4 Å². The maximum absolute atomic E-state index is 13.0. The van der Waals surface area contributed by atoms with Crippen LogP contribution in [0.25, 0.3) is 5.69 Å². The summed E-state index contributed by atoms with van der Waals surface area (Å²) in [5.74, 6) is -0.704. The molecule has 3 aromatic carbocycles. The highest BCUT2D eigenvalue weighted by Gasteiger charge is 2.35. The minimum Gasteiger partial charge on any atom is -0.295 e. The zero-order chi connectivity index (χ0) is 24.7. The smallest absolute Gasteiger partial charge is 0.280 e. The van der Waals surface area contributed by atoms with Crippen LogP contribution in [0.5, 0.6) is 0 Å². The quantitative estimate of drug-likeness (QED) is 0.193. The number of aryl methyl sites for hydroxylation is 1. The molecule has 0 aliphatic carbocycles. The van der Waals surface area contributed by atoms with Gasteiger partial charge in [-0.2, -0.15) is 0 Å². The van der Waals surface area contributed by atoms with Crippen molar-refractivity contribution in [2.75, 3.05) is 0 Å². The van der Waals surface area contributed by atoms with E-state index in [0.717, 1.165) is 9.26 Å². The summed E-state index contributed by atoms with van der Waals surface area (Å²) in [6, 6.07) is 19.4. The molecule has 5 rings (SSSR count). The van der Waals surface area contributed by atoms with Crippen molar-refractivity contribution in [3.05, 3.63) is 114 Å². The lowest BCUT2D eigenvalue weighted by atomic mass is 10.1. The van der Waals surface area contributed by atoms with Gasteiger partial charge in [0.2, 0.25) is 0 Å². The second-order valence-electron chi connectivity index (χ2n) is 8.04. The third kappa shape index (κ3) is 4.35. The first-order valence-electron chi connectivity index (χ1n) is 10.7. The number of aromatic nitrogens is 2. The molecule has 7 nitrogen and oxygen atoms in total. The lowest BCUT2D eigenvalue weighted by Gasteiger charge is -2.15. The number of nitrogens with one attached hydrogen (secondary N) is 1. The van der Waals surface area contributed by atoms with Gasteiger partial charge in [0, 0.05) is 20.5 Å². The SMILES string of the molecule is Cc1[nH]n(-c2ccc(I)cc2)c(=O)c1C=Nc1ccc(Cl)c(CN2C(=O)c3ccccc3C2=O)c1. The molecule has 35 heavy (non-hydrogen) atoms. The van der Waals surface area contributed by atoms with Gasteiger partial charge in [-0.25, -0.2) is 4.68 Å². The van der Waals surface area contributed by atoms with E-state index < -0.39 is 0 Å². The van der Waals surface area contributed by atoms with Crippen molar-refractivity contribution >= 4 is 57.9 Å². The monoisotopic (exact) mass is 596 g/mol. The number of benzene rings is 3. The molecule has 0 atom stereocenters. The number of imide groups is 1. The molecule has 2 amide bonds. The molecule has 9 heteroatoms. The molecule has 1 N–H and O–H groups in total. The number of hydrogen-bond acceptors (Lipinski definition) is 4. The first-order valence-corrected chi connectivity index (χ1v) is 12.1. The molecule has 4 aromatic rings. The van der Waals surface area contributed by atoms with Crippen LogP contribution in [0.3, 0.4) is 0 Å². The van der Waals surface area contributed by atoms with Crippen LogP contribution in [0.2, 0.25) is 5.02 Å². The number of H-pyrrole nitrogens is 1. The van der Waals surface area contributed by atoms with E-state index in [1.165, 1.54) is 15.8 Å². The van der Waals surface area contributed by atoms with Gasteiger partial charge in [0.1, 0.15) is 0 Å². The largest absolute Gasteiger partial charge is 0.295 e. The molecule has 1 aliphatic heterocycles. The average Bonchev–Trinajstić information content (AvgIpc) is 3.27. The number of rotatable bonds is 5. The van der Waals surface area contributed by atoms with Crippen LogP contribution in [-0.2, 0) is 6.54 Å². The van der Waals surface area contributed by atoms with Gasteiger partial charge in [0.25, 0.3) is 17.4 Å². The molecule has 0 spiro atoms. The normalized spacial score (nSPS) is 13.2. The second-order valence-corrected chi connectivity index (χ2v) is 9.70. The van der Waals surface area contributed by atoms with Gasteiger partial charge in [-0.3, -0.25) is 29.4 Å². The number of aromatic amines is 1. The standard InChI is InChI=1S/C26H18ClIN4O3/c1-15-22(26(35)32(30-15)19-9-6-17(28)7-10-19)13-29-18-8-11-23(27)16(12-18)14-31-24(33)20-4-2-3-5-21(20)25(31)34/h2-13,30H,14H2,1H3. The Bertz CT molecular complexity index is 1540. The molecule has 2 heterocycles. The van der Waals surface area contributed by atoms with Crippen LogP contribution in [-0.4, -0.2) is 32.7 Å². The van der Waals surface area contributed by atoms with E-state index in [-0.39, 0.29) is 23.9 Å². The number of nitrogens with zero attached hydrogens (tertiary/aromatic N) is 3. The third-order valence-electron chi connectivity index (χ3n) is 5.78. The van der Waals surface area contributed by atoms with E-state index in [1.54, 1.807) is 42.5 Å². The van der Waals surface area contributed by atoms with Crippen LogP contribution < -0.4 is 5.56 Å². The van der Waals surface area contributed by atoms with Crippen LogP contribution in [0.15, 0.2) is 76.5 Å². The first-order chi connectivity index (χ1) is 16.8. The Morgan fingerprint density at radius 2 is 1.63 bits per heavy atom. The molecular formula is C26H18ClIN4O3. The number of carbonyl (C=O) groups excluding carboxylic acids is 2. The molecule has 1 aliphatic rings. The summed E-state index contributed by atoms with van der Waals surface area (Å²) in [4.78, 5) is 44.1. The Hall–Kier alpha value is -3.50. The van der Waals surface area contributed by atoms with Gasteiger partial charge in [0.15, 0.2) is 0 Å². The van der Waals surface area contributed by atoms with Crippen molar-refractivity contribution in [1.29, 1.82) is 0 Å². The predicted molar refractivity (Wildman–Crippen MR) is 143 cm³/mol. The van der Waals surface area contributed by atoms with Crippen molar-refractivity contribution in [3.63, 3.8) is 0 Å². The van der Waals surface area contributed by atoms with Crippen molar-refractivity contribution in [2.45, 2.75) is 13.5 Å². The summed E-state index contributed by atoms with van der Waals surface area (Å²) in [5, 5.41) is 3.50. The highest BCUT2D eigenvalue weighted by molar-refractivity contribution is 14.1. The molecule has 0 fully saturated rings. The van der Waals surface area contributed by atoms with Gasteiger partial charge < -0.3 is 0 Å². The fourth-order valence-electron chi connectivity index (χ4n) is 3.94. The fraction of sp³-hybridized carbons (Fsp3) is 0.0769. The van der Waals surface area contributed by atoms with E-state index in [0.29, 0.717) is 38.7 Å². The van der Waals surface area contributed by atoms with E-state index >= 15 is 0 Å². The van der Waals surface area contributed by atoms with Crippen LogP contribution in [0.1, 0.15) is 37.5 Å². The highest BCUT2D eigenvalue weighted by atomic mass is 127. The van der Waals surface area contributed by atoms with Crippen molar-refractivity contribution in [2.24, 2.45) is 4.99 Å². The number of fused-ring (bicyclic) bond motifs is 1. The third-order valence-corrected chi connectivity index (χ3v) is 6.87. The molecular weight excluding hydrogens is 579 g/mol. The summed E-state index contributed by atoms with van der Waals surface area (Å²) in [5.41, 5.74) is 3.52. The predicted octanol–water partition coefficient (Wildman–Crippen LogP) is 5.28. The molecule has 174 valence electrons. The van der Waals surface area contributed by atoms with Crippen molar-refractivity contribution < 1.29 is 9.59 Å². The van der Waals surface area contributed by atoms with Gasteiger partial charge in [-0.05, 0) is 89.7 Å². The van der Waals surface area contributed by atoms with E-state index in [2.05, 4.69) is 32.7 Å². The summed E-state index contributed by atoms with van der Waals surface area (Å²) < 4.78 is 2.55. The zero-order valence-electron chi connectivity index (χ0n) is 18.5. The van der Waals surface area contributed by atoms with Crippen molar-refractivity contribution in [3.8, 4) is 5.69 Å². The van der Waals surface area contributed by atoms with Crippen LogP contribution >= 0.6 is 34.2 Å². The van der Waals surface area contributed by atoms with Gasteiger partial charge in [0.05, 0.1) is 34.6 Å². The van der Waals surface area contributed by atoms with Gasteiger partial charge >= 0.3 is 0 Å². The van der Waals surface area contributed by atoms with Crippen molar-refractivity contribution in [1.82, 2.24) is 14.7 Å². The van der Waals surface area contributed by atoms with E-state index in [1.807, 2.05) is 31.2 Å². The zero-order valence-corrected chi connectivity index (χ0v) is 21.4. The highest BCUT2D eigenvalue weighted by Crippen LogP contribution is 2.28. The number of carbonyl (C=O) groups is 2. The Morgan fingerprint density at radius 1 is 0.971 bits per heavy atom. The lowest BCUT2D eigenvalue weighted by molar-refractivity contribution is 0.0642. The first kappa shape index (κ1) is 23.3.